The smallest absolute Gasteiger partial charge is 0.325 e. The summed E-state index contributed by atoms with van der Waals surface area (Å²) in [6.45, 7) is 5.88. The van der Waals surface area contributed by atoms with Crippen LogP contribution >= 0.6 is 0 Å². The van der Waals surface area contributed by atoms with Crippen molar-refractivity contribution in [3.63, 3.8) is 0 Å². The van der Waals surface area contributed by atoms with Crippen molar-refractivity contribution in [2.75, 3.05) is 19.8 Å². The molecular weight excluding hydrogens is 607 g/mol. The third-order valence-electron chi connectivity index (χ3n) is 11.1. The van der Waals surface area contributed by atoms with Gasteiger partial charge in [-0.15, -0.1) is 0 Å². The lowest BCUT2D eigenvalue weighted by Gasteiger charge is -2.62. The summed E-state index contributed by atoms with van der Waals surface area (Å²) < 4.78 is 35.5. The first-order chi connectivity index (χ1) is 21.5. The van der Waals surface area contributed by atoms with Crippen LogP contribution in [-0.2, 0) is 38.2 Å². The predicted molar refractivity (Wildman–Crippen MR) is 155 cm³/mol. The van der Waals surface area contributed by atoms with Gasteiger partial charge in [-0.1, -0.05) is 25.0 Å². The Balaban J connectivity index is 1.26. The fourth-order valence-corrected chi connectivity index (χ4v) is 9.08. The second kappa shape index (κ2) is 12.5. The van der Waals surface area contributed by atoms with Gasteiger partial charge in [0.15, 0.2) is 29.4 Å². The monoisotopic (exact) mass is 652 g/mol. The largest absolute Gasteiger partial charge is 0.456 e. The average Bonchev–Trinajstić information content (AvgIpc) is 3.39. The molecule has 46 heavy (non-hydrogen) atoms. The molecule has 3 saturated carbocycles. The second-order valence-corrected chi connectivity index (χ2v) is 14.1. The van der Waals surface area contributed by atoms with E-state index in [-0.39, 0.29) is 30.6 Å². The number of aliphatic hydroxyl groups excluding tert-OH is 1. The maximum Gasteiger partial charge on any atom is 0.325 e. The van der Waals surface area contributed by atoms with E-state index >= 15 is 4.39 Å². The molecule has 1 aliphatic heterocycles. The molecule has 0 spiro atoms. The third kappa shape index (κ3) is 5.65. The van der Waals surface area contributed by atoms with Crippen molar-refractivity contribution in [3.8, 4) is 0 Å². The standard InChI is InChI=1S/C32H45FN2O11/c1-28(2)45-25-15-22-21-10-9-19-14-20(36)11-12-29(19,3)31(21,33)23(37)16-30(22,4)32(25,46-28)24(38)18-43-27(40)17-34-26(39)8-6-5-7-13-44-35(41)42/h11-12,14,21-23,25,37,41-42H,5-10,13,15-18H2,1-4H3,(H,34,39)/t21-,22-,23-,25+,29-,30-,31-,32+/m0/s1. The quantitative estimate of drug-likeness (QED) is 0.138. The van der Waals surface area contributed by atoms with Crippen LogP contribution in [0.2, 0.25) is 0 Å². The number of hydrogen-bond donors (Lipinski definition) is 4. The molecule has 5 aliphatic rings. The number of hydrogen-bond acceptors (Lipinski definition) is 12. The molecule has 1 amide bonds. The van der Waals surface area contributed by atoms with Crippen LogP contribution < -0.4 is 5.32 Å². The van der Waals surface area contributed by atoms with Crippen LogP contribution in [0.25, 0.3) is 0 Å². The first-order valence-electron chi connectivity index (χ1n) is 16.0. The van der Waals surface area contributed by atoms with Crippen LogP contribution in [-0.4, -0.2) is 93.4 Å². The Kier molecular flexibility index (Phi) is 9.41. The average molecular weight is 653 g/mol. The van der Waals surface area contributed by atoms with E-state index in [1.807, 2.05) is 6.92 Å². The summed E-state index contributed by atoms with van der Waals surface area (Å²) in [7, 11) is 0. The SMILES string of the molecule is CC1(C)O[C@@H]2C[C@H]3[C@@H]4CCC5=CC(=O)C=C[C@]5(C)[C@@]4(F)[C@@H](O)C[C@]3(C)[C@]2(C(=O)COC(=O)CNC(=O)CCCCCON(O)O)O1. The van der Waals surface area contributed by atoms with Gasteiger partial charge in [0.1, 0.15) is 6.54 Å². The van der Waals surface area contributed by atoms with E-state index in [1.54, 1.807) is 26.8 Å². The van der Waals surface area contributed by atoms with Crippen LogP contribution in [0.1, 0.15) is 79.1 Å². The van der Waals surface area contributed by atoms with E-state index in [1.165, 1.54) is 12.2 Å². The molecule has 0 radical (unpaired) electrons. The number of unbranched alkanes of at least 4 members (excludes halogenated alkanes) is 2. The molecule has 1 heterocycles. The molecule has 0 bridgehead atoms. The molecule has 0 aromatic heterocycles. The normalized spacial score (nSPS) is 38.8. The van der Waals surface area contributed by atoms with Crippen molar-refractivity contribution in [2.24, 2.45) is 22.7 Å². The van der Waals surface area contributed by atoms with Crippen LogP contribution in [0.5, 0.6) is 0 Å². The molecule has 5 rings (SSSR count). The first-order valence-corrected chi connectivity index (χ1v) is 16.0. The number of nitrogens with one attached hydrogen (secondary N) is 1. The van der Waals surface area contributed by atoms with Crippen molar-refractivity contribution in [3.05, 3.63) is 23.8 Å². The summed E-state index contributed by atoms with van der Waals surface area (Å²) in [5.74, 6) is -4.20. The summed E-state index contributed by atoms with van der Waals surface area (Å²) in [4.78, 5) is 55.4. The minimum Gasteiger partial charge on any atom is -0.456 e. The van der Waals surface area contributed by atoms with Gasteiger partial charge in [0.25, 0.3) is 0 Å². The summed E-state index contributed by atoms with van der Waals surface area (Å²) in [5.41, 5.74) is -5.29. The zero-order chi connectivity index (χ0) is 33.7. The van der Waals surface area contributed by atoms with Crippen molar-refractivity contribution in [2.45, 2.75) is 108 Å². The number of aliphatic hydroxyl groups is 1. The summed E-state index contributed by atoms with van der Waals surface area (Å²) in [6, 6.07) is 0. The number of rotatable bonds is 12. The number of alkyl halides is 1. The van der Waals surface area contributed by atoms with E-state index in [4.69, 9.17) is 24.6 Å². The molecule has 1 saturated heterocycles. The molecule has 4 aliphatic carbocycles. The van der Waals surface area contributed by atoms with Gasteiger partial charge in [-0.3, -0.25) is 34.4 Å². The summed E-state index contributed by atoms with van der Waals surface area (Å²) in [6.07, 6.45) is 4.88. The van der Waals surface area contributed by atoms with Gasteiger partial charge in [0.2, 0.25) is 11.7 Å². The fraction of sp³-hybridized carbons (Fsp3) is 0.750. The number of carbonyl (C=O) groups is 4. The highest BCUT2D eigenvalue weighted by atomic mass is 19.1. The van der Waals surface area contributed by atoms with Gasteiger partial charge >= 0.3 is 5.97 Å². The van der Waals surface area contributed by atoms with Crippen LogP contribution in [0.15, 0.2) is 23.8 Å². The number of Topliss-reactive ketones (excluding diaryl/α,β-unsaturated/α-hetero) is 1. The van der Waals surface area contributed by atoms with Gasteiger partial charge in [-0.25, -0.2) is 4.39 Å². The zero-order valence-corrected chi connectivity index (χ0v) is 26.8. The van der Waals surface area contributed by atoms with Crippen LogP contribution in [0, 0.1) is 22.7 Å². The topological polar surface area (TPSA) is 181 Å². The van der Waals surface area contributed by atoms with Crippen molar-refractivity contribution >= 4 is 23.4 Å². The number of allylic oxidation sites excluding steroid dienone is 4. The van der Waals surface area contributed by atoms with Gasteiger partial charge in [0.05, 0.1) is 24.2 Å². The Morgan fingerprint density at radius 2 is 1.87 bits per heavy atom. The van der Waals surface area contributed by atoms with Crippen molar-refractivity contribution in [1.29, 1.82) is 0 Å². The van der Waals surface area contributed by atoms with Gasteiger partial charge in [-0.2, -0.15) is 0 Å². The van der Waals surface area contributed by atoms with E-state index in [2.05, 4.69) is 10.2 Å². The maximum absolute atomic E-state index is 17.5. The first kappa shape index (κ1) is 34.7. The lowest BCUT2D eigenvalue weighted by Crippen LogP contribution is -2.70. The molecule has 14 heteroatoms. The maximum atomic E-state index is 17.5. The zero-order valence-electron chi connectivity index (χ0n) is 26.8. The lowest BCUT2D eigenvalue weighted by atomic mass is 9.44. The Morgan fingerprint density at radius 3 is 2.59 bits per heavy atom. The number of amides is 1. The molecule has 0 unspecified atom stereocenters. The summed E-state index contributed by atoms with van der Waals surface area (Å²) >= 11 is 0. The molecule has 13 nitrogen and oxygen atoms in total. The number of carbonyl (C=O) groups excluding carboxylic acids is 4. The van der Waals surface area contributed by atoms with Gasteiger partial charge in [0, 0.05) is 23.2 Å². The minimum absolute atomic E-state index is 0.0640. The molecule has 4 N–H and O–H groups in total. The Morgan fingerprint density at radius 1 is 1.13 bits per heavy atom. The number of ketones is 2. The fourth-order valence-electron chi connectivity index (χ4n) is 9.08. The molecule has 0 aromatic carbocycles. The minimum atomic E-state index is -2.09. The van der Waals surface area contributed by atoms with Crippen LogP contribution in [0.3, 0.4) is 0 Å². The highest BCUT2D eigenvalue weighted by Crippen LogP contribution is 2.72. The predicted octanol–water partition coefficient (Wildman–Crippen LogP) is 2.66. The lowest BCUT2D eigenvalue weighted by molar-refractivity contribution is -0.492. The Hall–Kier alpha value is -2.59. The van der Waals surface area contributed by atoms with Crippen molar-refractivity contribution < 1.29 is 58.1 Å². The third-order valence-corrected chi connectivity index (χ3v) is 11.1. The molecule has 4 fully saturated rings. The number of nitrogens with zero attached hydrogens (tertiary/aromatic N) is 1. The number of halogens is 1. The highest BCUT2D eigenvalue weighted by Gasteiger charge is 2.80. The van der Waals surface area contributed by atoms with E-state index < -0.39 is 82.7 Å². The van der Waals surface area contributed by atoms with Gasteiger partial charge < -0.3 is 24.6 Å². The molecule has 8 atom stereocenters. The van der Waals surface area contributed by atoms with E-state index in [0.717, 1.165) is 0 Å². The van der Waals surface area contributed by atoms with E-state index in [9.17, 15) is 24.3 Å². The highest BCUT2D eigenvalue weighted by molar-refractivity contribution is 6.01. The van der Waals surface area contributed by atoms with E-state index in [0.29, 0.717) is 44.1 Å². The van der Waals surface area contributed by atoms with Gasteiger partial charge in [-0.05, 0) is 77.4 Å². The Labute approximate surface area is 266 Å². The molecular formula is C32H45FN2O11. The number of esters is 1. The Bertz CT molecular complexity index is 1320. The van der Waals surface area contributed by atoms with Crippen LogP contribution in [0.4, 0.5) is 4.39 Å². The second-order valence-electron chi connectivity index (χ2n) is 14.1. The molecule has 0 aromatic rings. The summed E-state index contributed by atoms with van der Waals surface area (Å²) in [5, 5.41) is 30.7. The number of ether oxygens (including phenoxy) is 3. The van der Waals surface area contributed by atoms with Crippen molar-refractivity contribution in [1.82, 2.24) is 10.7 Å². The molecule has 256 valence electrons. The number of fused-ring (bicyclic) bond motifs is 7.